The van der Waals surface area contributed by atoms with E-state index in [9.17, 15) is 0 Å². The van der Waals surface area contributed by atoms with Crippen LogP contribution in [0.1, 0.15) is 53.4 Å². The molecule has 90 valence electrons. The van der Waals surface area contributed by atoms with Crippen molar-refractivity contribution in [3.05, 3.63) is 0 Å². The fraction of sp³-hybridized carbons (Fsp3) is 1.00. The SMILES string of the molecule is CCCNC(COC(C)(C)C)CC1CC1. The van der Waals surface area contributed by atoms with Crippen LogP contribution in [-0.4, -0.2) is 24.8 Å². The van der Waals surface area contributed by atoms with Gasteiger partial charge in [0.25, 0.3) is 0 Å². The summed E-state index contributed by atoms with van der Waals surface area (Å²) in [6.45, 7) is 10.6. The molecular formula is C13H27NO. The maximum absolute atomic E-state index is 5.85. The molecule has 0 radical (unpaired) electrons. The first-order chi connectivity index (χ1) is 7.01. The van der Waals surface area contributed by atoms with E-state index >= 15 is 0 Å². The molecule has 1 saturated carbocycles. The maximum Gasteiger partial charge on any atom is 0.0626 e. The minimum absolute atomic E-state index is 0.00427. The summed E-state index contributed by atoms with van der Waals surface area (Å²) in [6, 6.07) is 0.566. The molecular weight excluding hydrogens is 186 g/mol. The van der Waals surface area contributed by atoms with E-state index < -0.39 is 0 Å². The Morgan fingerprint density at radius 1 is 1.33 bits per heavy atom. The summed E-state index contributed by atoms with van der Waals surface area (Å²) in [7, 11) is 0. The van der Waals surface area contributed by atoms with Crippen LogP contribution >= 0.6 is 0 Å². The van der Waals surface area contributed by atoms with Crippen LogP contribution < -0.4 is 5.32 Å². The van der Waals surface area contributed by atoms with Crippen molar-refractivity contribution < 1.29 is 4.74 Å². The van der Waals surface area contributed by atoms with Gasteiger partial charge in [-0.2, -0.15) is 0 Å². The molecule has 1 aliphatic carbocycles. The molecule has 2 nitrogen and oxygen atoms in total. The van der Waals surface area contributed by atoms with Gasteiger partial charge >= 0.3 is 0 Å². The monoisotopic (exact) mass is 213 g/mol. The van der Waals surface area contributed by atoms with E-state index in [0.29, 0.717) is 6.04 Å². The van der Waals surface area contributed by atoms with Crippen LogP contribution in [0.3, 0.4) is 0 Å². The molecule has 1 rings (SSSR count). The predicted molar refractivity (Wildman–Crippen MR) is 65.1 cm³/mol. The molecule has 0 aromatic rings. The second-order valence-corrected chi connectivity index (χ2v) is 5.75. The van der Waals surface area contributed by atoms with Gasteiger partial charge in [0.2, 0.25) is 0 Å². The third kappa shape index (κ3) is 6.91. The molecule has 0 heterocycles. The van der Waals surface area contributed by atoms with Crippen LogP contribution in [0.2, 0.25) is 0 Å². The van der Waals surface area contributed by atoms with Crippen molar-refractivity contribution in [3.63, 3.8) is 0 Å². The van der Waals surface area contributed by atoms with Crippen LogP contribution in [0, 0.1) is 5.92 Å². The van der Waals surface area contributed by atoms with Crippen molar-refractivity contribution >= 4 is 0 Å². The lowest BCUT2D eigenvalue weighted by Gasteiger charge is -2.25. The summed E-state index contributed by atoms with van der Waals surface area (Å²) in [5.41, 5.74) is -0.00427. The standard InChI is InChI=1S/C13H27NO/c1-5-8-14-12(9-11-6-7-11)10-15-13(2,3)4/h11-12,14H,5-10H2,1-4H3. The summed E-state index contributed by atoms with van der Waals surface area (Å²) < 4.78 is 5.85. The number of rotatable bonds is 7. The van der Waals surface area contributed by atoms with Crippen molar-refractivity contribution in [1.29, 1.82) is 0 Å². The molecule has 2 heteroatoms. The van der Waals surface area contributed by atoms with Gasteiger partial charge < -0.3 is 10.1 Å². The number of hydrogen-bond donors (Lipinski definition) is 1. The maximum atomic E-state index is 5.85. The lowest BCUT2D eigenvalue weighted by molar-refractivity contribution is -0.0160. The zero-order chi connectivity index (χ0) is 11.3. The average molecular weight is 213 g/mol. The lowest BCUT2D eigenvalue weighted by atomic mass is 10.1. The highest BCUT2D eigenvalue weighted by atomic mass is 16.5. The van der Waals surface area contributed by atoms with E-state index in [1.165, 1.54) is 25.7 Å². The van der Waals surface area contributed by atoms with Crippen LogP contribution in [0.5, 0.6) is 0 Å². The van der Waals surface area contributed by atoms with E-state index in [4.69, 9.17) is 4.74 Å². The number of ether oxygens (including phenoxy) is 1. The summed E-state index contributed by atoms with van der Waals surface area (Å²) in [4.78, 5) is 0. The van der Waals surface area contributed by atoms with Gasteiger partial charge in [0.15, 0.2) is 0 Å². The first-order valence-electron chi connectivity index (χ1n) is 6.38. The number of hydrogen-bond acceptors (Lipinski definition) is 2. The highest BCUT2D eigenvalue weighted by molar-refractivity contribution is 4.80. The molecule has 1 N–H and O–H groups in total. The number of nitrogens with one attached hydrogen (secondary N) is 1. The Hall–Kier alpha value is -0.0800. The summed E-state index contributed by atoms with van der Waals surface area (Å²) in [5, 5.41) is 3.59. The van der Waals surface area contributed by atoms with Crippen molar-refractivity contribution in [2.75, 3.05) is 13.2 Å². The van der Waals surface area contributed by atoms with Crippen LogP contribution in [0.15, 0.2) is 0 Å². The van der Waals surface area contributed by atoms with Crippen LogP contribution in [0.4, 0.5) is 0 Å². The van der Waals surface area contributed by atoms with Gasteiger partial charge in [0.1, 0.15) is 0 Å². The molecule has 1 fully saturated rings. The Bertz CT molecular complexity index is 170. The zero-order valence-electron chi connectivity index (χ0n) is 10.8. The van der Waals surface area contributed by atoms with Gasteiger partial charge in [-0.3, -0.25) is 0 Å². The molecule has 0 spiro atoms. The molecule has 1 unspecified atom stereocenters. The fourth-order valence-electron chi connectivity index (χ4n) is 1.67. The predicted octanol–water partition coefficient (Wildman–Crippen LogP) is 2.97. The van der Waals surface area contributed by atoms with E-state index in [-0.39, 0.29) is 5.60 Å². The minimum Gasteiger partial charge on any atom is -0.374 e. The Morgan fingerprint density at radius 3 is 2.47 bits per heavy atom. The normalized spacial score (nSPS) is 19.2. The molecule has 0 bridgehead atoms. The molecule has 1 aliphatic rings. The molecule has 0 amide bonds. The van der Waals surface area contributed by atoms with Gasteiger partial charge in [0.05, 0.1) is 12.2 Å². The first kappa shape index (κ1) is 13.0. The van der Waals surface area contributed by atoms with Gasteiger partial charge in [-0.25, -0.2) is 0 Å². The van der Waals surface area contributed by atoms with Gasteiger partial charge in [-0.1, -0.05) is 19.8 Å². The summed E-state index contributed by atoms with van der Waals surface area (Å²) in [5.74, 6) is 0.975. The van der Waals surface area contributed by atoms with E-state index in [2.05, 4.69) is 33.0 Å². The molecule has 0 aromatic heterocycles. The Labute approximate surface area is 94.8 Å². The first-order valence-corrected chi connectivity index (χ1v) is 6.38. The van der Waals surface area contributed by atoms with E-state index in [1.54, 1.807) is 0 Å². The highest BCUT2D eigenvalue weighted by Crippen LogP contribution is 2.33. The van der Waals surface area contributed by atoms with E-state index in [0.717, 1.165) is 19.1 Å². The third-order valence-corrected chi connectivity index (χ3v) is 2.72. The topological polar surface area (TPSA) is 21.3 Å². The lowest BCUT2D eigenvalue weighted by Crippen LogP contribution is -2.37. The largest absolute Gasteiger partial charge is 0.374 e. The van der Waals surface area contributed by atoms with Crippen molar-refractivity contribution in [3.8, 4) is 0 Å². The van der Waals surface area contributed by atoms with Crippen LogP contribution in [-0.2, 0) is 4.74 Å². The van der Waals surface area contributed by atoms with Crippen molar-refractivity contribution in [2.45, 2.75) is 65.0 Å². The minimum atomic E-state index is -0.00427. The molecule has 0 aliphatic heterocycles. The summed E-state index contributed by atoms with van der Waals surface area (Å²) in [6.07, 6.45) is 5.37. The average Bonchev–Trinajstić information content (AvgIpc) is 2.92. The quantitative estimate of drug-likeness (QED) is 0.702. The van der Waals surface area contributed by atoms with E-state index in [1.807, 2.05) is 0 Å². The highest BCUT2D eigenvalue weighted by Gasteiger charge is 2.26. The smallest absolute Gasteiger partial charge is 0.0626 e. The summed E-state index contributed by atoms with van der Waals surface area (Å²) >= 11 is 0. The van der Waals surface area contributed by atoms with Gasteiger partial charge in [-0.05, 0) is 46.1 Å². The third-order valence-electron chi connectivity index (χ3n) is 2.72. The second-order valence-electron chi connectivity index (χ2n) is 5.75. The molecule has 0 aromatic carbocycles. The Kier molecular flexibility index (Phi) is 5.07. The molecule has 1 atom stereocenters. The van der Waals surface area contributed by atoms with Crippen molar-refractivity contribution in [1.82, 2.24) is 5.32 Å². The zero-order valence-corrected chi connectivity index (χ0v) is 10.8. The second kappa shape index (κ2) is 5.86. The Balaban J connectivity index is 2.20. The van der Waals surface area contributed by atoms with Crippen LogP contribution in [0.25, 0.3) is 0 Å². The van der Waals surface area contributed by atoms with Gasteiger partial charge in [-0.15, -0.1) is 0 Å². The molecule has 15 heavy (non-hydrogen) atoms. The fourth-order valence-corrected chi connectivity index (χ4v) is 1.67. The Morgan fingerprint density at radius 2 is 2.00 bits per heavy atom. The van der Waals surface area contributed by atoms with Gasteiger partial charge in [0, 0.05) is 6.04 Å². The van der Waals surface area contributed by atoms with Crippen molar-refractivity contribution in [2.24, 2.45) is 5.92 Å². The molecule has 0 saturated heterocycles.